The van der Waals surface area contributed by atoms with E-state index < -0.39 is 0 Å². The third-order valence-electron chi connectivity index (χ3n) is 6.35. The minimum Gasteiger partial charge on any atom is -0.383 e. The van der Waals surface area contributed by atoms with E-state index in [0.717, 1.165) is 70.8 Å². The van der Waals surface area contributed by atoms with Gasteiger partial charge in [-0.3, -0.25) is 14.7 Å². The van der Waals surface area contributed by atoms with Crippen molar-refractivity contribution in [1.29, 1.82) is 0 Å². The van der Waals surface area contributed by atoms with Crippen LogP contribution in [0.3, 0.4) is 0 Å². The fourth-order valence-corrected chi connectivity index (χ4v) is 4.61. The standard InChI is InChI=1S/C22H36N4O2/c1-3-25-12-4-5-21(25)18-26(22(27)20-6-10-23-11-7-20)17-19-8-13-24(14-9-19)15-16-28-2/h6-7,10-11,19,21H,3-5,8-9,12-18H2,1-2H3/t21-/m1/s1. The van der Waals surface area contributed by atoms with Crippen molar-refractivity contribution in [2.45, 2.75) is 38.6 Å². The number of rotatable bonds is 9. The summed E-state index contributed by atoms with van der Waals surface area (Å²) < 4.78 is 5.21. The monoisotopic (exact) mass is 388 g/mol. The van der Waals surface area contributed by atoms with Gasteiger partial charge in [-0.1, -0.05) is 6.92 Å². The Morgan fingerprint density at radius 1 is 1.18 bits per heavy atom. The molecule has 0 aliphatic carbocycles. The minimum atomic E-state index is 0.159. The molecule has 2 aliphatic heterocycles. The van der Waals surface area contributed by atoms with Crippen molar-refractivity contribution < 1.29 is 9.53 Å². The van der Waals surface area contributed by atoms with E-state index in [1.807, 2.05) is 12.1 Å². The van der Waals surface area contributed by atoms with Crippen LogP contribution in [0.1, 0.15) is 43.0 Å². The molecule has 0 N–H and O–H groups in total. The number of pyridine rings is 1. The van der Waals surface area contributed by atoms with Gasteiger partial charge in [0.25, 0.3) is 5.91 Å². The highest BCUT2D eigenvalue weighted by molar-refractivity contribution is 5.94. The summed E-state index contributed by atoms with van der Waals surface area (Å²) in [4.78, 5) is 24.5. The van der Waals surface area contributed by atoms with Crippen LogP contribution < -0.4 is 0 Å². The number of piperidine rings is 1. The lowest BCUT2D eigenvalue weighted by Gasteiger charge is -2.36. The largest absolute Gasteiger partial charge is 0.383 e. The predicted octanol–water partition coefficient (Wildman–Crippen LogP) is 2.37. The number of aromatic nitrogens is 1. The smallest absolute Gasteiger partial charge is 0.254 e. The molecule has 2 saturated heterocycles. The van der Waals surface area contributed by atoms with Gasteiger partial charge in [-0.2, -0.15) is 0 Å². The van der Waals surface area contributed by atoms with Gasteiger partial charge in [-0.15, -0.1) is 0 Å². The molecule has 1 amide bonds. The van der Waals surface area contributed by atoms with Gasteiger partial charge in [0.05, 0.1) is 6.61 Å². The van der Waals surface area contributed by atoms with Gasteiger partial charge < -0.3 is 14.5 Å². The lowest BCUT2D eigenvalue weighted by Crippen LogP contribution is -2.46. The van der Waals surface area contributed by atoms with E-state index in [1.54, 1.807) is 19.5 Å². The third kappa shape index (κ3) is 5.75. The Hall–Kier alpha value is -1.50. The van der Waals surface area contributed by atoms with E-state index >= 15 is 0 Å². The van der Waals surface area contributed by atoms with Crippen molar-refractivity contribution in [3.63, 3.8) is 0 Å². The molecule has 3 rings (SSSR count). The van der Waals surface area contributed by atoms with Crippen molar-refractivity contribution in [1.82, 2.24) is 19.7 Å². The summed E-state index contributed by atoms with van der Waals surface area (Å²) in [6.45, 7) is 10.2. The summed E-state index contributed by atoms with van der Waals surface area (Å²) >= 11 is 0. The highest BCUT2D eigenvalue weighted by Crippen LogP contribution is 2.23. The third-order valence-corrected chi connectivity index (χ3v) is 6.35. The van der Waals surface area contributed by atoms with Gasteiger partial charge in [-0.05, 0) is 69.9 Å². The van der Waals surface area contributed by atoms with Crippen LogP contribution in [-0.4, -0.2) is 91.2 Å². The zero-order valence-corrected chi connectivity index (χ0v) is 17.6. The zero-order valence-electron chi connectivity index (χ0n) is 17.6. The van der Waals surface area contributed by atoms with E-state index in [2.05, 4.69) is 26.6 Å². The molecule has 1 aromatic heterocycles. The lowest BCUT2D eigenvalue weighted by atomic mass is 9.95. The van der Waals surface area contributed by atoms with Gasteiger partial charge in [0.1, 0.15) is 0 Å². The van der Waals surface area contributed by atoms with Crippen LogP contribution >= 0.6 is 0 Å². The molecule has 0 saturated carbocycles. The highest BCUT2D eigenvalue weighted by Gasteiger charge is 2.30. The average molecular weight is 389 g/mol. The van der Waals surface area contributed by atoms with Gasteiger partial charge in [0, 0.05) is 50.7 Å². The normalized spacial score (nSPS) is 21.9. The van der Waals surface area contributed by atoms with Crippen LogP contribution in [0.25, 0.3) is 0 Å². The van der Waals surface area contributed by atoms with Crippen LogP contribution in [0.15, 0.2) is 24.5 Å². The molecule has 0 bridgehead atoms. The summed E-state index contributed by atoms with van der Waals surface area (Å²) in [6.07, 6.45) is 8.19. The van der Waals surface area contributed by atoms with Gasteiger partial charge in [-0.25, -0.2) is 0 Å². The number of carbonyl (C=O) groups excluding carboxylic acids is 1. The Bertz CT molecular complexity index is 589. The Kier molecular flexibility index (Phi) is 8.25. The lowest BCUT2D eigenvalue weighted by molar-refractivity contribution is 0.0616. The molecule has 6 nitrogen and oxygen atoms in total. The topological polar surface area (TPSA) is 48.9 Å². The fraction of sp³-hybridized carbons (Fsp3) is 0.727. The first-order chi connectivity index (χ1) is 13.7. The number of likely N-dealkylation sites (tertiary alicyclic amines) is 2. The van der Waals surface area contributed by atoms with Crippen molar-refractivity contribution in [3.8, 4) is 0 Å². The minimum absolute atomic E-state index is 0.159. The van der Waals surface area contributed by atoms with Crippen LogP contribution in [-0.2, 0) is 4.74 Å². The van der Waals surface area contributed by atoms with E-state index in [1.165, 1.54) is 12.8 Å². The predicted molar refractivity (Wildman–Crippen MR) is 111 cm³/mol. The number of amides is 1. The summed E-state index contributed by atoms with van der Waals surface area (Å²) in [5, 5.41) is 0. The second kappa shape index (κ2) is 10.9. The Balaban J connectivity index is 1.62. The molecule has 0 unspecified atom stereocenters. The van der Waals surface area contributed by atoms with E-state index in [4.69, 9.17) is 4.74 Å². The van der Waals surface area contributed by atoms with E-state index in [0.29, 0.717) is 12.0 Å². The first-order valence-electron chi connectivity index (χ1n) is 10.9. The number of ether oxygens (including phenoxy) is 1. The first kappa shape index (κ1) is 21.2. The van der Waals surface area contributed by atoms with Crippen LogP contribution in [0.4, 0.5) is 0 Å². The number of methoxy groups -OCH3 is 1. The van der Waals surface area contributed by atoms with Gasteiger partial charge >= 0.3 is 0 Å². The Labute approximate surface area is 169 Å². The molecule has 1 aromatic rings. The molecule has 0 aromatic carbocycles. The number of likely N-dealkylation sites (N-methyl/N-ethyl adjacent to an activating group) is 1. The number of carbonyl (C=O) groups is 1. The first-order valence-corrected chi connectivity index (χ1v) is 10.9. The second-order valence-corrected chi connectivity index (χ2v) is 8.15. The van der Waals surface area contributed by atoms with Crippen LogP contribution in [0.2, 0.25) is 0 Å². The molecular weight excluding hydrogens is 352 g/mol. The molecule has 28 heavy (non-hydrogen) atoms. The summed E-state index contributed by atoms with van der Waals surface area (Å²) in [5.41, 5.74) is 0.758. The molecule has 6 heteroatoms. The Morgan fingerprint density at radius 2 is 1.93 bits per heavy atom. The summed E-state index contributed by atoms with van der Waals surface area (Å²) in [6, 6.07) is 4.18. The number of hydrogen-bond donors (Lipinski definition) is 0. The molecule has 2 aliphatic rings. The maximum Gasteiger partial charge on any atom is 0.254 e. The van der Waals surface area contributed by atoms with Gasteiger partial charge in [0.2, 0.25) is 0 Å². The molecular formula is C22H36N4O2. The SMILES string of the molecule is CCN1CCC[C@@H]1CN(CC1CCN(CCOC)CC1)C(=O)c1ccncc1. The molecule has 3 heterocycles. The van der Waals surface area contributed by atoms with Crippen molar-refractivity contribution >= 4 is 5.91 Å². The quantitative estimate of drug-likeness (QED) is 0.650. The zero-order chi connectivity index (χ0) is 19.8. The van der Waals surface area contributed by atoms with Crippen molar-refractivity contribution in [2.24, 2.45) is 5.92 Å². The van der Waals surface area contributed by atoms with Crippen LogP contribution in [0, 0.1) is 5.92 Å². The van der Waals surface area contributed by atoms with Gasteiger partial charge in [0.15, 0.2) is 0 Å². The number of hydrogen-bond acceptors (Lipinski definition) is 5. The van der Waals surface area contributed by atoms with Crippen molar-refractivity contribution in [2.75, 3.05) is 59.5 Å². The van der Waals surface area contributed by atoms with E-state index in [9.17, 15) is 4.79 Å². The Morgan fingerprint density at radius 3 is 2.61 bits per heavy atom. The summed E-state index contributed by atoms with van der Waals surface area (Å²) in [7, 11) is 1.76. The van der Waals surface area contributed by atoms with Crippen LogP contribution in [0.5, 0.6) is 0 Å². The molecule has 2 fully saturated rings. The fourth-order valence-electron chi connectivity index (χ4n) is 4.61. The second-order valence-electron chi connectivity index (χ2n) is 8.15. The van der Waals surface area contributed by atoms with Crippen molar-refractivity contribution in [3.05, 3.63) is 30.1 Å². The molecule has 1 atom stereocenters. The van der Waals surface area contributed by atoms with E-state index in [-0.39, 0.29) is 5.91 Å². The summed E-state index contributed by atoms with van der Waals surface area (Å²) in [5.74, 6) is 0.744. The molecule has 0 spiro atoms. The average Bonchev–Trinajstić information content (AvgIpc) is 3.20. The maximum atomic E-state index is 13.3. The highest BCUT2D eigenvalue weighted by atomic mass is 16.5. The molecule has 156 valence electrons. The molecule has 0 radical (unpaired) electrons. The number of nitrogens with zero attached hydrogens (tertiary/aromatic N) is 4. The maximum absolute atomic E-state index is 13.3.